The molecule has 0 aliphatic carbocycles. The maximum atomic E-state index is 13.3. The fourth-order valence-corrected chi connectivity index (χ4v) is 3.15. The van der Waals surface area contributed by atoms with Crippen LogP contribution in [0.25, 0.3) is 10.9 Å². The molecule has 0 spiro atoms. The normalized spacial score (nSPS) is 17.6. The molecule has 1 aliphatic rings. The van der Waals surface area contributed by atoms with Crippen LogP contribution < -0.4 is 0 Å². The highest BCUT2D eigenvalue weighted by atomic mass is 19.1. The summed E-state index contributed by atoms with van der Waals surface area (Å²) >= 11 is 0. The molecule has 5 nitrogen and oxygen atoms in total. The number of hydrogen-bond acceptors (Lipinski definition) is 4. The first-order valence-electron chi connectivity index (χ1n) is 8.13. The van der Waals surface area contributed by atoms with Crippen LogP contribution in [0.5, 0.6) is 0 Å². The topological polar surface area (TPSA) is 64.0 Å². The molecular weight excluding hydrogens is 319 g/mol. The van der Waals surface area contributed by atoms with Crippen LogP contribution in [0, 0.1) is 5.82 Å². The van der Waals surface area contributed by atoms with E-state index in [1.165, 1.54) is 12.1 Å². The van der Waals surface area contributed by atoms with Gasteiger partial charge in [0.05, 0.1) is 0 Å². The van der Waals surface area contributed by atoms with Gasteiger partial charge in [0.1, 0.15) is 17.6 Å². The molecule has 0 saturated heterocycles. The third-order valence-electron chi connectivity index (χ3n) is 4.41. The average molecular weight is 336 g/mol. The number of nitrogens with zero attached hydrogens (tertiary/aromatic N) is 3. The van der Waals surface area contributed by atoms with E-state index < -0.39 is 6.04 Å². The third-order valence-corrected chi connectivity index (χ3v) is 4.41. The SMILES string of the molecule is CCC1=NN=C(c2ccc(F)cc2)[C@H](c2c[nH]c3ccccc23)N1O. The maximum Gasteiger partial charge on any atom is 0.152 e. The molecular formula is C19H17FN4O. The second kappa shape index (κ2) is 6.14. The maximum absolute atomic E-state index is 13.3. The zero-order valence-electron chi connectivity index (χ0n) is 13.6. The molecule has 1 atom stereocenters. The van der Waals surface area contributed by atoms with Gasteiger partial charge in [-0.1, -0.05) is 37.3 Å². The lowest BCUT2D eigenvalue weighted by atomic mass is 9.95. The van der Waals surface area contributed by atoms with Crippen LogP contribution >= 0.6 is 0 Å². The van der Waals surface area contributed by atoms with Gasteiger partial charge in [-0.05, 0) is 18.2 Å². The zero-order valence-corrected chi connectivity index (χ0v) is 13.6. The van der Waals surface area contributed by atoms with Gasteiger partial charge < -0.3 is 4.98 Å². The molecule has 2 aromatic carbocycles. The molecule has 0 bridgehead atoms. The van der Waals surface area contributed by atoms with Crippen LogP contribution in [0.2, 0.25) is 0 Å². The van der Waals surface area contributed by atoms with Gasteiger partial charge in [0, 0.05) is 34.6 Å². The molecule has 0 amide bonds. The second-order valence-electron chi connectivity index (χ2n) is 5.90. The number of hydroxylamine groups is 2. The molecule has 25 heavy (non-hydrogen) atoms. The molecule has 6 heteroatoms. The summed E-state index contributed by atoms with van der Waals surface area (Å²) in [5.74, 6) is 0.170. The summed E-state index contributed by atoms with van der Waals surface area (Å²) in [7, 11) is 0. The van der Waals surface area contributed by atoms with E-state index in [1.807, 2.05) is 37.4 Å². The van der Waals surface area contributed by atoms with Crippen molar-refractivity contribution in [3.05, 3.63) is 71.7 Å². The molecule has 3 aromatic rings. The molecule has 0 unspecified atom stereocenters. The number of hydrogen-bond donors (Lipinski definition) is 2. The van der Waals surface area contributed by atoms with Crippen LogP contribution in [-0.2, 0) is 0 Å². The summed E-state index contributed by atoms with van der Waals surface area (Å²) in [5.41, 5.74) is 3.16. The number of para-hydroxylation sites is 1. The molecule has 0 radical (unpaired) electrons. The Balaban J connectivity index is 1.88. The second-order valence-corrected chi connectivity index (χ2v) is 5.90. The Morgan fingerprint density at radius 1 is 1.12 bits per heavy atom. The van der Waals surface area contributed by atoms with Gasteiger partial charge in [-0.3, -0.25) is 5.21 Å². The standard InChI is InChI=1S/C19H17FN4O/c1-2-17-22-23-18(12-7-9-13(20)10-8-12)19(24(17)25)15-11-21-16-6-4-3-5-14(15)16/h3-11,19,21,25H,2H2,1H3/t19-/m0/s1. The number of rotatable bonds is 3. The fourth-order valence-electron chi connectivity index (χ4n) is 3.15. The van der Waals surface area contributed by atoms with Gasteiger partial charge >= 0.3 is 0 Å². The van der Waals surface area contributed by atoms with E-state index in [-0.39, 0.29) is 5.82 Å². The molecule has 4 rings (SSSR count). The van der Waals surface area contributed by atoms with E-state index in [4.69, 9.17) is 0 Å². The number of H-pyrrole nitrogens is 1. The molecule has 2 heterocycles. The minimum Gasteiger partial charge on any atom is -0.361 e. The Hall–Kier alpha value is -2.99. The number of nitrogens with one attached hydrogen (secondary N) is 1. The smallest absolute Gasteiger partial charge is 0.152 e. The van der Waals surface area contributed by atoms with Gasteiger partial charge in [-0.15, -0.1) is 5.10 Å². The Bertz CT molecular complexity index is 975. The molecule has 2 N–H and O–H groups in total. The van der Waals surface area contributed by atoms with Crippen LogP contribution in [0.3, 0.4) is 0 Å². The van der Waals surface area contributed by atoms with E-state index in [9.17, 15) is 9.60 Å². The van der Waals surface area contributed by atoms with Gasteiger partial charge in [0.15, 0.2) is 5.84 Å². The summed E-state index contributed by atoms with van der Waals surface area (Å²) in [6.07, 6.45) is 2.42. The average Bonchev–Trinajstić information content (AvgIpc) is 3.06. The van der Waals surface area contributed by atoms with Gasteiger partial charge in [0.2, 0.25) is 0 Å². The number of benzene rings is 2. The Labute approximate surface area is 144 Å². The number of aromatic nitrogens is 1. The summed E-state index contributed by atoms with van der Waals surface area (Å²) in [6, 6.07) is 13.4. The van der Waals surface area contributed by atoms with Crippen molar-refractivity contribution in [2.45, 2.75) is 19.4 Å². The lowest BCUT2D eigenvalue weighted by Crippen LogP contribution is -2.39. The summed E-state index contributed by atoms with van der Waals surface area (Å²) < 4.78 is 13.3. The van der Waals surface area contributed by atoms with Crippen LogP contribution in [0.15, 0.2) is 64.9 Å². The lowest BCUT2D eigenvalue weighted by Gasteiger charge is -2.31. The van der Waals surface area contributed by atoms with E-state index in [0.717, 1.165) is 27.1 Å². The van der Waals surface area contributed by atoms with Crippen LogP contribution in [0.1, 0.15) is 30.5 Å². The molecule has 1 aliphatic heterocycles. The highest BCUT2D eigenvalue weighted by Gasteiger charge is 2.33. The monoisotopic (exact) mass is 336 g/mol. The van der Waals surface area contributed by atoms with Crippen LogP contribution in [-0.4, -0.2) is 26.8 Å². The Morgan fingerprint density at radius 2 is 1.88 bits per heavy atom. The van der Waals surface area contributed by atoms with Gasteiger partial charge in [-0.25, -0.2) is 9.45 Å². The van der Waals surface area contributed by atoms with E-state index in [0.29, 0.717) is 18.0 Å². The number of fused-ring (bicyclic) bond motifs is 1. The fraction of sp³-hybridized carbons (Fsp3) is 0.158. The summed E-state index contributed by atoms with van der Waals surface area (Å²) in [5, 5.41) is 21.4. The molecule has 0 fully saturated rings. The van der Waals surface area contributed by atoms with Crippen molar-refractivity contribution < 1.29 is 9.60 Å². The zero-order chi connectivity index (χ0) is 17.4. The summed E-state index contributed by atoms with van der Waals surface area (Å²) in [6.45, 7) is 1.91. The minimum atomic E-state index is -0.519. The third kappa shape index (κ3) is 2.60. The van der Waals surface area contributed by atoms with Crippen molar-refractivity contribution >= 4 is 22.5 Å². The van der Waals surface area contributed by atoms with Crippen molar-refractivity contribution in [3.63, 3.8) is 0 Å². The Kier molecular flexibility index (Phi) is 3.82. The molecule has 1 aromatic heterocycles. The van der Waals surface area contributed by atoms with E-state index >= 15 is 0 Å². The number of halogens is 1. The van der Waals surface area contributed by atoms with Crippen LogP contribution in [0.4, 0.5) is 4.39 Å². The first-order chi connectivity index (χ1) is 12.2. The number of aromatic amines is 1. The number of amidine groups is 1. The van der Waals surface area contributed by atoms with Gasteiger partial charge in [-0.2, -0.15) is 5.10 Å². The van der Waals surface area contributed by atoms with E-state index in [1.54, 1.807) is 12.1 Å². The summed E-state index contributed by atoms with van der Waals surface area (Å²) in [4.78, 5) is 3.23. The lowest BCUT2D eigenvalue weighted by molar-refractivity contribution is -0.0371. The highest BCUT2D eigenvalue weighted by molar-refractivity contribution is 6.09. The van der Waals surface area contributed by atoms with Crippen molar-refractivity contribution in [1.82, 2.24) is 10.0 Å². The quantitative estimate of drug-likeness (QED) is 0.750. The largest absolute Gasteiger partial charge is 0.361 e. The van der Waals surface area contributed by atoms with Crippen molar-refractivity contribution in [2.75, 3.05) is 0 Å². The predicted molar refractivity (Wildman–Crippen MR) is 95.3 cm³/mol. The van der Waals surface area contributed by atoms with Crippen molar-refractivity contribution in [3.8, 4) is 0 Å². The van der Waals surface area contributed by atoms with Crippen molar-refractivity contribution in [2.24, 2.45) is 10.2 Å². The first kappa shape index (κ1) is 15.5. The minimum absolute atomic E-state index is 0.317. The Morgan fingerprint density at radius 3 is 2.64 bits per heavy atom. The highest BCUT2D eigenvalue weighted by Crippen LogP contribution is 2.33. The van der Waals surface area contributed by atoms with Gasteiger partial charge in [0.25, 0.3) is 0 Å². The van der Waals surface area contributed by atoms with E-state index in [2.05, 4.69) is 15.2 Å². The molecule has 126 valence electrons. The predicted octanol–water partition coefficient (Wildman–Crippen LogP) is 4.27. The van der Waals surface area contributed by atoms with Crippen molar-refractivity contribution in [1.29, 1.82) is 0 Å². The first-order valence-corrected chi connectivity index (χ1v) is 8.13. The molecule has 0 saturated carbocycles.